The normalized spacial score (nSPS) is 10.7. The van der Waals surface area contributed by atoms with Crippen molar-refractivity contribution in [2.45, 2.75) is 19.8 Å². The lowest BCUT2D eigenvalue weighted by molar-refractivity contribution is 0.190. The zero-order chi connectivity index (χ0) is 14.1. The largest absolute Gasteiger partial charge is 0.383 e. The Kier molecular flexibility index (Phi) is 7.14. The minimum Gasteiger partial charge on any atom is -0.383 e. The smallest absolute Gasteiger partial charge is 0.137 e. The van der Waals surface area contributed by atoms with Crippen molar-refractivity contribution >= 4 is 11.6 Å². The van der Waals surface area contributed by atoms with Crippen molar-refractivity contribution in [3.63, 3.8) is 0 Å². The summed E-state index contributed by atoms with van der Waals surface area (Å²) in [5, 5.41) is 0. The molecule has 0 saturated carbocycles. The van der Waals surface area contributed by atoms with Gasteiger partial charge in [-0.05, 0) is 6.42 Å². The van der Waals surface area contributed by atoms with E-state index in [1.165, 1.54) is 6.33 Å². The summed E-state index contributed by atoms with van der Waals surface area (Å²) in [6, 6.07) is 0. The number of aromatic nitrogens is 2. The summed E-state index contributed by atoms with van der Waals surface area (Å²) in [5.41, 5.74) is 6.97. The second-order valence-electron chi connectivity index (χ2n) is 4.28. The molecule has 0 unspecified atom stereocenters. The number of hydrogen-bond donors (Lipinski definition) is 1. The summed E-state index contributed by atoms with van der Waals surface area (Å²) in [6.45, 7) is 4.91. The SMILES string of the molecule is CCCc1c(N)ncnc1N(CCOC)CCOC. The number of nitrogen functional groups attached to an aromatic ring is 1. The van der Waals surface area contributed by atoms with Gasteiger partial charge < -0.3 is 20.1 Å². The Balaban J connectivity index is 2.95. The summed E-state index contributed by atoms with van der Waals surface area (Å²) in [4.78, 5) is 10.6. The maximum atomic E-state index is 5.96. The molecule has 0 radical (unpaired) electrons. The van der Waals surface area contributed by atoms with E-state index in [4.69, 9.17) is 15.2 Å². The summed E-state index contributed by atoms with van der Waals surface area (Å²) >= 11 is 0. The average Bonchev–Trinajstić information content (AvgIpc) is 2.42. The zero-order valence-corrected chi connectivity index (χ0v) is 12.1. The van der Waals surface area contributed by atoms with Gasteiger partial charge in [-0.1, -0.05) is 13.3 Å². The van der Waals surface area contributed by atoms with Gasteiger partial charge in [-0.25, -0.2) is 9.97 Å². The maximum absolute atomic E-state index is 5.96. The van der Waals surface area contributed by atoms with Crippen LogP contribution in [0.25, 0.3) is 0 Å². The number of nitrogens with zero attached hydrogens (tertiary/aromatic N) is 3. The van der Waals surface area contributed by atoms with Gasteiger partial charge in [0.1, 0.15) is 18.0 Å². The highest BCUT2D eigenvalue weighted by Crippen LogP contribution is 2.22. The highest BCUT2D eigenvalue weighted by Gasteiger charge is 2.15. The van der Waals surface area contributed by atoms with Crippen LogP contribution in [0.5, 0.6) is 0 Å². The summed E-state index contributed by atoms with van der Waals surface area (Å²) in [7, 11) is 3.38. The fourth-order valence-corrected chi connectivity index (χ4v) is 1.91. The molecule has 0 fully saturated rings. The van der Waals surface area contributed by atoms with Gasteiger partial charge in [0.15, 0.2) is 0 Å². The van der Waals surface area contributed by atoms with E-state index in [1.807, 2.05) is 0 Å². The Labute approximate surface area is 114 Å². The molecule has 1 heterocycles. The Morgan fingerprint density at radius 2 is 1.79 bits per heavy atom. The molecule has 19 heavy (non-hydrogen) atoms. The van der Waals surface area contributed by atoms with Crippen LogP contribution in [0.1, 0.15) is 18.9 Å². The van der Waals surface area contributed by atoms with E-state index in [0.29, 0.717) is 19.0 Å². The third kappa shape index (κ3) is 4.65. The van der Waals surface area contributed by atoms with Gasteiger partial charge in [-0.15, -0.1) is 0 Å². The molecule has 6 heteroatoms. The van der Waals surface area contributed by atoms with Crippen molar-refractivity contribution in [2.75, 3.05) is 51.2 Å². The lowest BCUT2D eigenvalue weighted by Gasteiger charge is -2.25. The molecule has 0 amide bonds. The first-order chi connectivity index (χ1) is 9.24. The van der Waals surface area contributed by atoms with Crippen molar-refractivity contribution in [2.24, 2.45) is 0 Å². The van der Waals surface area contributed by atoms with Crippen LogP contribution in [-0.4, -0.2) is 50.5 Å². The van der Waals surface area contributed by atoms with Crippen LogP contribution in [0, 0.1) is 0 Å². The predicted octanol–water partition coefficient (Wildman–Crippen LogP) is 1.11. The van der Waals surface area contributed by atoms with Crippen molar-refractivity contribution in [3.05, 3.63) is 11.9 Å². The fourth-order valence-electron chi connectivity index (χ4n) is 1.91. The van der Waals surface area contributed by atoms with Crippen LogP contribution in [0.15, 0.2) is 6.33 Å². The van der Waals surface area contributed by atoms with Crippen LogP contribution in [0.3, 0.4) is 0 Å². The van der Waals surface area contributed by atoms with E-state index in [9.17, 15) is 0 Å². The Morgan fingerprint density at radius 1 is 1.16 bits per heavy atom. The van der Waals surface area contributed by atoms with Crippen molar-refractivity contribution in [1.82, 2.24) is 9.97 Å². The fraction of sp³-hybridized carbons (Fsp3) is 0.692. The van der Waals surface area contributed by atoms with Gasteiger partial charge >= 0.3 is 0 Å². The van der Waals surface area contributed by atoms with Crippen LogP contribution in [0.4, 0.5) is 11.6 Å². The van der Waals surface area contributed by atoms with Gasteiger partial charge in [-0.2, -0.15) is 0 Å². The van der Waals surface area contributed by atoms with Gasteiger partial charge in [0, 0.05) is 32.9 Å². The van der Waals surface area contributed by atoms with E-state index in [-0.39, 0.29) is 0 Å². The lowest BCUT2D eigenvalue weighted by atomic mass is 10.1. The molecule has 0 aliphatic carbocycles. The number of hydrogen-bond acceptors (Lipinski definition) is 6. The van der Waals surface area contributed by atoms with E-state index in [2.05, 4.69) is 21.8 Å². The van der Waals surface area contributed by atoms with E-state index in [0.717, 1.165) is 37.3 Å². The Bertz CT molecular complexity index is 366. The molecule has 6 nitrogen and oxygen atoms in total. The Hall–Kier alpha value is -1.40. The van der Waals surface area contributed by atoms with Crippen molar-refractivity contribution in [1.29, 1.82) is 0 Å². The first-order valence-electron chi connectivity index (χ1n) is 6.56. The van der Waals surface area contributed by atoms with Gasteiger partial charge in [0.25, 0.3) is 0 Å². The molecule has 2 N–H and O–H groups in total. The van der Waals surface area contributed by atoms with Gasteiger partial charge in [-0.3, -0.25) is 0 Å². The maximum Gasteiger partial charge on any atom is 0.137 e. The van der Waals surface area contributed by atoms with Crippen LogP contribution >= 0.6 is 0 Å². The number of methoxy groups -OCH3 is 2. The second kappa shape index (κ2) is 8.66. The van der Waals surface area contributed by atoms with Gasteiger partial charge in [0.05, 0.1) is 13.2 Å². The molecule has 0 atom stereocenters. The molecule has 108 valence electrons. The van der Waals surface area contributed by atoms with E-state index in [1.54, 1.807) is 14.2 Å². The number of rotatable bonds is 9. The molecule has 0 aliphatic heterocycles. The minimum absolute atomic E-state index is 0.562. The van der Waals surface area contributed by atoms with Crippen LogP contribution in [0.2, 0.25) is 0 Å². The second-order valence-corrected chi connectivity index (χ2v) is 4.28. The van der Waals surface area contributed by atoms with E-state index >= 15 is 0 Å². The number of nitrogens with two attached hydrogens (primary N) is 1. The van der Waals surface area contributed by atoms with Crippen molar-refractivity contribution < 1.29 is 9.47 Å². The zero-order valence-electron chi connectivity index (χ0n) is 12.1. The molecule has 0 spiro atoms. The van der Waals surface area contributed by atoms with Crippen LogP contribution in [-0.2, 0) is 15.9 Å². The molecule has 0 bridgehead atoms. The third-order valence-corrected chi connectivity index (χ3v) is 2.89. The molecular formula is C13H24N4O2. The number of anilines is 2. The highest BCUT2D eigenvalue weighted by molar-refractivity contribution is 5.56. The minimum atomic E-state index is 0.562. The molecule has 1 aromatic rings. The molecule has 0 aliphatic rings. The Morgan fingerprint density at radius 3 is 2.32 bits per heavy atom. The summed E-state index contributed by atoms with van der Waals surface area (Å²) < 4.78 is 10.3. The summed E-state index contributed by atoms with van der Waals surface area (Å²) in [5.74, 6) is 1.45. The van der Waals surface area contributed by atoms with Crippen molar-refractivity contribution in [3.8, 4) is 0 Å². The molecular weight excluding hydrogens is 244 g/mol. The van der Waals surface area contributed by atoms with Crippen LogP contribution < -0.4 is 10.6 Å². The molecule has 0 saturated heterocycles. The number of ether oxygens (including phenoxy) is 2. The standard InChI is InChI=1S/C13H24N4O2/c1-4-5-11-12(14)15-10-16-13(11)17(6-8-18-2)7-9-19-3/h10H,4-9H2,1-3H3,(H2,14,15,16). The summed E-state index contributed by atoms with van der Waals surface area (Å²) in [6.07, 6.45) is 3.39. The predicted molar refractivity (Wildman–Crippen MR) is 76.4 cm³/mol. The lowest BCUT2D eigenvalue weighted by Crippen LogP contribution is -2.32. The highest BCUT2D eigenvalue weighted by atomic mass is 16.5. The average molecular weight is 268 g/mol. The first kappa shape index (κ1) is 15.7. The van der Waals surface area contributed by atoms with Gasteiger partial charge in [0.2, 0.25) is 0 Å². The monoisotopic (exact) mass is 268 g/mol. The first-order valence-corrected chi connectivity index (χ1v) is 6.56. The molecule has 0 aromatic carbocycles. The molecule has 1 rings (SSSR count). The topological polar surface area (TPSA) is 73.5 Å². The molecule has 1 aromatic heterocycles. The quantitative estimate of drug-likeness (QED) is 0.723. The third-order valence-electron chi connectivity index (χ3n) is 2.89. The van der Waals surface area contributed by atoms with E-state index < -0.39 is 0 Å².